The van der Waals surface area contributed by atoms with Crippen LogP contribution in [-0.2, 0) is 10.0 Å². The number of carboxylic acid groups (broad SMARTS) is 1. The summed E-state index contributed by atoms with van der Waals surface area (Å²) >= 11 is 6.53. The molecule has 0 atom stereocenters. The summed E-state index contributed by atoms with van der Waals surface area (Å²) in [5.41, 5.74) is 0. The Balaban J connectivity index is 2.25. The molecule has 0 aliphatic heterocycles. The highest BCUT2D eigenvalue weighted by atomic mass is 35.5. The van der Waals surface area contributed by atoms with E-state index < -0.39 is 16.0 Å². The number of anilines is 1. The summed E-state index contributed by atoms with van der Waals surface area (Å²) in [7, 11) is -3.73. The average Bonchev–Trinajstić information content (AvgIpc) is 2.77. The van der Waals surface area contributed by atoms with E-state index >= 15 is 0 Å². The van der Waals surface area contributed by atoms with E-state index in [-0.39, 0.29) is 14.8 Å². The van der Waals surface area contributed by atoms with E-state index in [0.29, 0.717) is 5.02 Å². The van der Waals surface area contributed by atoms with Crippen molar-refractivity contribution in [2.75, 3.05) is 4.72 Å². The third-order valence-electron chi connectivity index (χ3n) is 2.18. The second kappa shape index (κ2) is 5.20. The maximum absolute atomic E-state index is 12.0. The normalized spacial score (nSPS) is 11.2. The van der Waals surface area contributed by atoms with E-state index in [4.69, 9.17) is 16.7 Å². The van der Waals surface area contributed by atoms with Crippen molar-refractivity contribution >= 4 is 43.9 Å². The van der Waals surface area contributed by atoms with E-state index in [1.54, 1.807) is 0 Å². The molecule has 100 valence electrons. The molecule has 2 rings (SSSR count). The third-order valence-corrected chi connectivity index (χ3v) is 4.93. The molecule has 1 aromatic carbocycles. The lowest BCUT2D eigenvalue weighted by Crippen LogP contribution is -2.11. The molecule has 0 saturated heterocycles. The molecule has 8 heteroatoms. The first kappa shape index (κ1) is 13.9. The molecule has 0 fully saturated rings. The zero-order chi connectivity index (χ0) is 14.0. The Kier molecular flexibility index (Phi) is 3.79. The maximum atomic E-state index is 12.0. The van der Waals surface area contributed by atoms with Gasteiger partial charge in [-0.2, -0.15) is 0 Å². The van der Waals surface area contributed by atoms with Gasteiger partial charge in [0, 0.05) is 5.02 Å². The molecule has 1 heterocycles. The lowest BCUT2D eigenvalue weighted by Gasteiger charge is -2.05. The molecule has 0 aliphatic carbocycles. The van der Waals surface area contributed by atoms with Crippen LogP contribution in [0.15, 0.2) is 41.3 Å². The van der Waals surface area contributed by atoms with E-state index in [0.717, 1.165) is 11.3 Å². The zero-order valence-corrected chi connectivity index (χ0v) is 11.7. The lowest BCUT2D eigenvalue weighted by molar-refractivity contribution is 0.0702. The molecule has 0 amide bonds. The Morgan fingerprint density at radius 2 is 1.79 bits per heavy atom. The van der Waals surface area contributed by atoms with Crippen molar-refractivity contribution in [3.05, 3.63) is 46.3 Å². The summed E-state index contributed by atoms with van der Waals surface area (Å²) in [6.07, 6.45) is 0. The standard InChI is InChI=1S/C11H8ClNO4S2/c12-7-1-3-8(4-2-7)19(16,17)13-10-6-5-9(18-10)11(14)15/h1-6,13H,(H,14,15). The van der Waals surface area contributed by atoms with Crippen molar-refractivity contribution in [1.82, 2.24) is 0 Å². The van der Waals surface area contributed by atoms with E-state index in [1.807, 2.05) is 0 Å². The summed E-state index contributed by atoms with van der Waals surface area (Å²) in [6.45, 7) is 0. The summed E-state index contributed by atoms with van der Waals surface area (Å²) in [6, 6.07) is 8.42. The van der Waals surface area contributed by atoms with Crippen LogP contribution in [0.5, 0.6) is 0 Å². The lowest BCUT2D eigenvalue weighted by atomic mass is 10.4. The highest BCUT2D eigenvalue weighted by Gasteiger charge is 2.16. The number of aromatic carboxylic acids is 1. The first-order valence-electron chi connectivity index (χ1n) is 5.00. The number of halogens is 1. The average molecular weight is 318 g/mol. The number of carbonyl (C=O) groups is 1. The molecule has 1 aromatic heterocycles. The van der Waals surface area contributed by atoms with Crippen LogP contribution in [0.25, 0.3) is 0 Å². The molecule has 0 bridgehead atoms. The van der Waals surface area contributed by atoms with Crippen molar-refractivity contribution in [2.24, 2.45) is 0 Å². The van der Waals surface area contributed by atoms with Crippen LogP contribution < -0.4 is 4.72 Å². The molecular formula is C11H8ClNO4S2. The second-order valence-corrected chi connectivity index (χ2v) is 6.73. The topological polar surface area (TPSA) is 83.5 Å². The summed E-state index contributed by atoms with van der Waals surface area (Å²) in [4.78, 5) is 10.8. The van der Waals surface area contributed by atoms with Crippen molar-refractivity contribution in [3.8, 4) is 0 Å². The number of carboxylic acids is 1. The van der Waals surface area contributed by atoms with Crippen molar-refractivity contribution < 1.29 is 18.3 Å². The Morgan fingerprint density at radius 3 is 2.32 bits per heavy atom. The van der Waals surface area contributed by atoms with Gasteiger partial charge in [0.25, 0.3) is 10.0 Å². The van der Waals surface area contributed by atoms with E-state index in [9.17, 15) is 13.2 Å². The molecule has 0 unspecified atom stereocenters. The number of hydrogen-bond donors (Lipinski definition) is 2. The smallest absolute Gasteiger partial charge is 0.345 e. The molecule has 19 heavy (non-hydrogen) atoms. The van der Waals surface area contributed by atoms with Gasteiger partial charge in [-0.1, -0.05) is 11.6 Å². The monoisotopic (exact) mass is 317 g/mol. The molecule has 2 N–H and O–H groups in total. The van der Waals surface area contributed by atoms with Crippen LogP contribution in [0, 0.1) is 0 Å². The number of sulfonamides is 1. The SMILES string of the molecule is O=C(O)c1ccc(NS(=O)(=O)c2ccc(Cl)cc2)s1. The van der Waals surface area contributed by atoms with Gasteiger partial charge < -0.3 is 5.11 Å². The molecule has 0 saturated carbocycles. The Hall–Kier alpha value is -1.57. The molecule has 0 spiro atoms. The predicted molar refractivity (Wildman–Crippen MR) is 73.5 cm³/mol. The molecule has 5 nitrogen and oxygen atoms in total. The van der Waals surface area contributed by atoms with Crippen LogP contribution in [0.1, 0.15) is 9.67 Å². The molecule has 2 aromatic rings. The minimum absolute atomic E-state index is 0.0576. The van der Waals surface area contributed by atoms with Gasteiger partial charge in [-0.15, -0.1) is 11.3 Å². The number of rotatable bonds is 4. The first-order valence-corrected chi connectivity index (χ1v) is 7.68. The van der Waals surface area contributed by atoms with Crippen molar-refractivity contribution in [1.29, 1.82) is 0 Å². The molecular weight excluding hydrogens is 310 g/mol. The Bertz CT molecular complexity index is 707. The minimum Gasteiger partial charge on any atom is -0.477 e. The highest BCUT2D eigenvalue weighted by molar-refractivity contribution is 7.93. The summed E-state index contributed by atoms with van der Waals surface area (Å²) in [5.74, 6) is -1.10. The van der Waals surface area contributed by atoms with Crippen LogP contribution in [0.4, 0.5) is 5.00 Å². The Morgan fingerprint density at radius 1 is 1.16 bits per heavy atom. The van der Waals surface area contributed by atoms with Gasteiger partial charge in [-0.3, -0.25) is 4.72 Å². The highest BCUT2D eigenvalue weighted by Crippen LogP contribution is 2.25. The number of hydrogen-bond acceptors (Lipinski definition) is 4. The van der Waals surface area contributed by atoms with Crippen molar-refractivity contribution in [2.45, 2.75) is 4.90 Å². The minimum atomic E-state index is -3.73. The number of benzene rings is 1. The first-order chi connectivity index (χ1) is 8.88. The fourth-order valence-electron chi connectivity index (χ4n) is 1.31. The van der Waals surface area contributed by atoms with Crippen LogP contribution in [-0.4, -0.2) is 19.5 Å². The number of thiophene rings is 1. The van der Waals surface area contributed by atoms with Gasteiger partial charge in [0.05, 0.1) is 4.90 Å². The van der Waals surface area contributed by atoms with Crippen LogP contribution >= 0.6 is 22.9 Å². The predicted octanol–water partition coefficient (Wildman–Crippen LogP) is 2.90. The third kappa shape index (κ3) is 3.25. The van der Waals surface area contributed by atoms with Gasteiger partial charge in [0.15, 0.2) is 0 Å². The van der Waals surface area contributed by atoms with Gasteiger partial charge >= 0.3 is 5.97 Å². The summed E-state index contributed by atoms with van der Waals surface area (Å²) < 4.78 is 26.3. The van der Waals surface area contributed by atoms with Gasteiger partial charge in [0.1, 0.15) is 9.88 Å². The molecule has 0 aliphatic rings. The quantitative estimate of drug-likeness (QED) is 0.908. The Labute approximate surface area is 118 Å². The van der Waals surface area contributed by atoms with E-state index in [2.05, 4.69) is 4.72 Å². The van der Waals surface area contributed by atoms with Crippen LogP contribution in [0.2, 0.25) is 5.02 Å². The van der Waals surface area contributed by atoms with Gasteiger partial charge in [0.2, 0.25) is 0 Å². The fraction of sp³-hybridized carbons (Fsp3) is 0. The fourth-order valence-corrected chi connectivity index (χ4v) is 3.48. The summed E-state index contributed by atoms with van der Waals surface area (Å²) in [5, 5.41) is 9.44. The second-order valence-electron chi connectivity index (χ2n) is 3.53. The van der Waals surface area contributed by atoms with E-state index in [1.165, 1.54) is 36.4 Å². The van der Waals surface area contributed by atoms with Crippen LogP contribution in [0.3, 0.4) is 0 Å². The van der Waals surface area contributed by atoms with Crippen molar-refractivity contribution in [3.63, 3.8) is 0 Å². The largest absolute Gasteiger partial charge is 0.477 e. The van der Waals surface area contributed by atoms with Gasteiger partial charge in [-0.25, -0.2) is 13.2 Å². The molecule has 0 radical (unpaired) electrons. The van der Waals surface area contributed by atoms with Gasteiger partial charge in [-0.05, 0) is 36.4 Å². The number of nitrogens with one attached hydrogen (secondary N) is 1. The maximum Gasteiger partial charge on any atom is 0.345 e. The zero-order valence-electron chi connectivity index (χ0n) is 9.33.